The number of rotatable bonds is 6. The van der Waals surface area contributed by atoms with Crippen LogP contribution in [-0.2, 0) is 4.79 Å². The van der Waals surface area contributed by atoms with E-state index in [1.54, 1.807) is 0 Å². The maximum atomic E-state index is 11.4. The van der Waals surface area contributed by atoms with Gasteiger partial charge in [0.1, 0.15) is 0 Å². The van der Waals surface area contributed by atoms with E-state index >= 15 is 0 Å². The fourth-order valence-corrected chi connectivity index (χ4v) is 1.51. The second kappa shape index (κ2) is 5.64. The zero-order valence-corrected chi connectivity index (χ0v) is 10.5. The molecule has 0 bridgehead atoms. The third kappa shape index (κ3) is 6.08. The Labute approximate surface area is 97.8 Å². The van der Waals surface area contributed by atoms with Crippen molar-refractivity contribution in [2.45, 2.75) is 51.7 Å². The van der Waals surface area contributed by atoms with E-state index in [0.717, 1.165) is 12.8 Å². The van der Waals surface area contributed by atoms with Crippen molar-refractivity contribution >= 4 is 5.91 Å². The number of amides is 1. The number of aliphatic hydroxyl groups is 1. The molecule has 1 rings (SSSR count). The Bertz CT molecular complexity index is 232. The molecule has 1 unspecified atom stereocenters. The molecule has 0 aliphatic heterocycles. The summed E-state index contributed by atoms with van der Waals surface area (Å²) in [6.45, 7) is 7.29. The predicted octanol–water partition coefficient (Wildman–Crippen LogP) is 0.652. The molecule has 4 heteroatoms. The largest absolute Gasteiger partial charge is 0.391 e. The molecule has 0 saturated heterocycles. The summed E-state index contributed by atoms with van der Waals surface area (Å²) < 4.78 is 0. The molecule has 0 aromatic rings. The lowest BCUT2D eigenvalue weighted by atomic mass is 10.1. The van der Waals surface area contributed by atoms with Gasteiger partial charge in [-0.05, 0) is 39.5 Å². The van der Waals surface area contributed by atoms with Crippen LogP contribution in [0.5, 0.6) is 0 Å². The minimum Gasteiger partial charge on any atom is -0.391 e. The summed E-state index contributed by atoms with van der Waals surface area (Å²) in [6.07, 6.45) is 2.32. The molecule has 0 aromatic heterocycles. The van der Waals surface area contributed by atoms with Crippen LogP contribution in [0.15, 0.2) is 0 Å². The number of carbonyl (C=O) groups is 1. The van der Waals surface area contributed by atoms with Gasteiger partial charge >= 0.3 is 0 Å². The van der Waals surface area contributed by atoms with Crippen LogP contribution in [-0.4, -0.2) is 35.7 Å². The van der Waals surface area contributed by atoms with Gasteiger partial charge in [-0.3, -0.25) is 4.79 Å². The standard InChI is InChI=1S/C12H24N2O2/c1-12(2,3)14-7-6-11(16)13-8-10(15)9-4-5-9/h9-10,14-15H,4-8H2,1-3H3,(H,13,16). The van der Waals surface area contributed by atoms with E-state index < -0.39 is 0 Å². The van der Waals surface area contributed by atoms with Crippen LogP contribution in [0.2, 0.25) is 0 Å². The highest BCUT2D eigenvalue weighted by molar-refractivity contribution is 5.76. The van der Waals surface area contributed by atoms with Crippen molar-refractivity contribution < 1.29 is 9.90 Å². The van der Waals surface area contributed by atoms with Gasteiger partial charge in [-0.15, -0.1) is 0 Å². The molecule has 1 aliphatic carbocycles. The summed E-state index contributed by atoms with van der Waals surface area (Å²) >= 11 is 0. The van der Waals surface area contributed by atoms with Crippen molar-refractivity contribution in [1.29, 1.82) is 0 Å². The van der Waals surface area contributed by atoms with Crippen LogP contribution in [0.3, 0.4) is 0 Å². The summed E-state index contributed by atoms with van der Waals surface area (Å²) in [7, 11) is 0. The van der Waals surface area contributed by atoms with Gasteiger partial charge in [-0.2, -0.15) is 0 Å². The van der Waals surface area contributed by atoms with Gasteiger partial charge in [0.25, 0.3) is 0 Å². The zero-order valence-electron chi connectivity index (χ0n) is 10.5. The average molecular weight is 228 g/mol. The van der Waals surface area contributed by atoms with Crippen molar-refractivity contribution in [2.24, 2.45) is 5.92 Å². The number of hydrogen-bond donors (Lipinski definition) is 3. The van der Waals surface area contributed by atoms with Crippen molar-refractivity contribution in [1.82, 2.24) is 10.6 Å². The minimum atomic E-state index is -0.348. The molecule has 1 aliphatic rings. The molecule has 0 spiro atoms. The van der Waals surface area contributed by atoms with Gasteiger partial charge in [0, 0.05) is 25.0 Å². The minimum absolute atomic E-state index is 0.0106. The Kier molecular flexibility index (Phi) is 4.74. The van der Waals surface area contributed by atoms with E-state index in [2.05, 4.69) is 31.4 Å². The Morgan fingerprint density at radius 3 is 2.56 bits per heavy atom. The lowest BCUT2D eigenvalue weighted by molar-refractivity contribution is -0.121. The molecule has 3 N–H and O–H groups in total. The second-order valence-electron chi connectivity index (χ2n) is 5.64. The molecule has 1 saturated carbocycles. The van der Waals surface area contributed by atoms with Gasteiger partial charge in [-0.25, -0.2) is 0 Å². The third-order valence-corrected chi connectivity index (χ3v) is 2.68. The summed E-state index contributed by atoms with van der Waals surface area (Å²) in [4.78, 5) is 11.4. The maximum absolute atomic E-state index is 11.4. The van der Waals surface area contributed by atoms with Crippen LogP contribution in [0.4, 0.5) is 0 Å². The smallest absolute Gasteiger partial charge is 0.221 e. The number of nitrogens with one attached hydrogen (secondary N) is 2. The maximum Gasteiger partial charge on any atom is 0.221 e. The van der Waals surface area contributed by atoms with E-state index in [1.165, 1.54) is 0 Å². The molecule has 1 atom stereocenters. The molecule has 1 amide bonds. The van der Waals surface area contributed by atoms with Crippen LogP contribution in [0.25, 0.3) is 0 Å². The molecule has 0 aromatic carbocycles. The first-order chi connectivity index (χ1) is 7.38. The van der Waals surface area contributed by atoms with Crippen LogP contribution >= 0.6 is 0 Å². The monoisotopic (exact) mass is 228 g/mol. The van der Waals surface area contributed by atoms with E-state index in [9.17, 15) is 9.90 Å². The van der Waals surface area contributed by atoms with Crippen LogP contribution in [0, 0.1) is 5.92 Å². The molecule has 0 heterocycles. The van der Waals surface area contributed by atoms with Gasteiger partial charge in [0.2, 0.25) is 5.91 Å². The van der Waals surface area contributed by atoms with E-state index in [1.807, 2.05) is 0 Å². The number of carbonyl (C=O) groups excluding carboxylic acids is 1. The van der Waals surface area contributed by atoms with Crippen molar-refractivity contribution in [3.05, 3.63) is 0 Å². The molecular weight excluding hydrogens is 204 g/mol. The lowest BCUT2D eigenvalue weighted by Crippen LogP contribution is -2.39. The molecule has 4 nitrogen and oxygen atoms in total. The molecule has 94 valence electrons. The summed E-state index contributed by atoms with van der Waals surface area (Å²) in [5.74, 6) is 0.435. The van der Waals surface area contributed by atoms with Crippen LogP contribution < -0.4 is 10.6 Å². The first-order valence-electron chi connectivity index (χ1n) is 6.08. The van der Waals surface area contributed by atoms with Gasteiger partial charge in [0.05, 0.1) is 6.10 Å². The van der Waals surface area contributed by atoms with Gasteiger partial charge < -0.3 is 15.7 Å². The SMILES string of the molecule is CC(C)(C)NCCC(=O)NCC(O)C1CC1. The Morgan fingerprint density at radius 1 is 1.44 bits per heavy atom. The Morgan fingerprint density at radius 2 is 2.06 bits per heavy atom. The van der Waals surface area contributed by atoms with Gasteiger partial charge in [0.15, 0.2) is 0 Å². The number of aliphatic hydroxyl groups excluding tert-OH is 1. The zero-order chi connectivity index (χ0) is 12.2. The van der Waals surface area contributed by atoms with Crippen LogP contribution in [0.1, 0.15) is 40.0 Å². The lowest BCUT2D eigenvalue weighted by Gasteiger charge is -2.20. The summed E-state index contributed by atoms with van der Waals surface area (Å²) in [6, 6.07) is 0. The first kappa shape index (κ1) is 13.5. The fraction of sp³-hybridized carbons (Fsp3) is 0.917. The normalized spacial score (nSPS) is 18.2. The average Bonchev–Trinajstić information content (AvgIpc) is 2.95. The topological polar surface area (TPSA) is 61.4 Å². The Hall–Kier alpha value is -0.610. The van der Waals surface area contributed by atoms with E-state index in [4.69, 9.17) is 0 Å². The van der Waals surface area contributed by atoms with Crippen molar-refractivity contribution in [2.75, 3.05) is 13.1 Å². The Balaban J connectivity index is 2.02. The van der Waals surface area contributed by atoms with E-state index in [-0.39, 0.29) is 17.6 Å². The second-order valence-corrected chi connectivity index (χ2v) is 5.64. The molecule has 1 fully saturated rings. The van der Waals surface area contributed by atoms with Gasteiger partial charge in [-0.1, -0.05) is 0 Å². The molecule has 0 radical (unpaired) electrons. The highest BCUT2D eigenvalue weighted by Gasteiger charge is 2.29. The number of hydrogen-bond acceptors (Lipinski definition) is 3. The molecule has 16 heavy (non-hydrogen) atoms. The van der Waals surface area contributed by atoms with Crippen molar-refractivity contribution in [3.63, 3.8) is 0 Å². The summed E-state index contributed by atoms with van der Waals surface area (Å²) in [5.41, 5.74) is 0.0494. The molecular formula is C12H24N2O2. The predicted molar refractivity (Wildman–Crippen MR) is 64.1 cm³/mol. The fourth-order valence-electron chi connectivity index (χ4n) is 1.51. The van der Waals surface area contributed by atoms with E-state index in [0.29, 0.717) is 25.4 Å². The quantitative estimate of drug-likeness (QED) is 0.625. The highest BCUT2D eigenvalue weighted by Crippen LogP contribution is 2.32. The summed E-state index contributed by atoms with van der Waals surface area (Å²) in [5, 5.41) is 15.6. The first-order valence-corrected chi connectivity index (χ1v) is 6.08. The highest BCUT2D eigenvalue weighted by atomic mass is 16.3. The third-order valence-electron chi connectivity index (χ3n) is 2.68. The van der Waals surface area contributed by atoms with Crippen molar-refractivity contribution in [3.8, 4) is 0 Å².